The maximum atomic E-state index is 5.92. The normalized spacial score (nSPS) is 11.1. The molecular weight excluding hydrogens is 212 g/mol. The zero-order valence-electron chi connectivity index (χ0n) is 10.7. The van der Waals surface area contributed by atoms with E-state index in [9.17, 15) is 0 Å². The Morgan fingerprint density at radius 1 is 1.18 bits per heavy atom. The summed E-state index contributed by atoms with van der Waals surface area (Å²) in [5, 5.41) is 0. The van der Waals surface area contributed by atoms with Crippen molar-refractivity contribution in [2.45, 2.75) is 33.6 Å². The van der Waals surface area contributed by atoms with Crippen LogP contribution in [0.5, 0.6) is 0 Å². The Balaban J connectivity index is 2.49. The molecule has 0 amide bonds. The molecule has 0 spiro atoms. The van der Waals surface area contributed by atoms with Crippen molar-refractivity contribution >= 4 is 5.69 Å². The molecule has 3 heteroatoms. The van der Waals surface area contributed by atoms with Gasteiger partial charge in [-0.3, -0.25) is 0 Å². The third kappa shape index (κ3) is 2.18. The molecule has 0 radical (unpaired) electrons. The molecular formula is C14H18N2O. The minimum atomic E-state index is 0.347. The smallest absolute Gasteiger partial charge is 0.226 e. The number of hydrogen-bond donors (Lipinski definition) is 1. The first-order valence-corrected chi connectivity index (χ1v) is 5.82. The molecule has 0 aliphatic heterocycles. The number of aryl methyl sites for hydroxylation is 2. The highest BCUT2D eigenvalue weighted by Gasteiger charge is 2.12. The number of aromatic nitrogens is 1. The maximum absolute atomic E-state index is 5.92. The average molecular weight is 230 g/mol. The molecule has 0 saturated carbocycles. The van der Waals surface area contributed by atoms with Gasteiger partial charge in [-0.25, -0.2) is 4.98 Å². The predicted octanol–water partition coefficient (Wildman–Crippen LogP) is 3.66. The Morgan fingerprint density at radius 3 is 2.47 bits per heavy atom. The summed E-state index contributed by atoms with van der Waals surface area (Å²) in [4.78, 5) is 4.32. The zero-order valence-corrected chi connectivity index (χ0v) is 10.7. The highest BCUT2D eigenvalue weighted by molar-refractivity contribution is 5.66. The lowest BCUT2D eigenvalue weighted by Crippen LogP contribution is -1.93. The van der Waals surface area contributed by atoms with Gasteiger partial charge in [0.25, 0.3) is 0 Å². The molecule has 2 aromatic rings. The predicted molar refractivity (Wildman–Crippen MR) is 69.9 cm³/mol. The summed E-state index contributed by atoms with van der Waals surface area (Å²) in [5.74, 6) is 1.90. The van der Waals surface area contributed by atoms with Gasteiger partial charge in [0.15, 0.2) is 0 Å². The molecule has 90 valence electrons. The molecule has 0 aliphatic rings. The molecule has 1 aromatic heterocycles. The Bertz CT molecular complexity index is 541. The first kappa shape index (κ1) is 11.7. The molecule has 0 saturated heterocycles. The van der Waals surface area contributed by atoms with Gasteiger partial charge in [0.05, 0.1) is 6.20 Å². The summed E-state index contributed by atoms with van der Waals surface area (Å²) in [7, 11) is 0. The summed E-state index contributed by atoms with van der Waals surface area (Å²) in [6.45, 7) is 8.21. The number of oxazole rings is 1. The molecule has 2 N–H and O–H groups in total. The van der Waals surface area contributed by atoms with Crippen LogP contribution >= 0.6 is 0 Å². The first-order chi connectivity index (χ1) is 7.99. The lowest BCUT2D eigenvalue weighted by atomic mass is 10.0. The van der Waals surface area contributed by atoms with E-state index in [4.69, 9.17) is 10.2 Å². The first-order valence-electron chi connectivity index (χ1n) is 5.82. The van der Waals surface area contributed by atoms with E-state index < -0.39 is 0 Å². The van der Waals surface area contributed by atoms with Crippen molar-refractivity contribution in [2.24, 2.45) is 0 Å². The fraction of sp³-hybridized carbons (Fsp3) is 0.357. The summed E-state index contributed by atoms with van der Waals surface area (Å²) < 4.78 is 5.74. The van der Waals surface area contributed by atoms with Gasteiger partial charge in [0.1, 0.15) is 5.76 Å². The van der Waals surface area contributed by atoms with Crippen LogP contribution in [-0.4, -0.2) is 4.98 Å². The van der Waals surface area contributed by atoms with Crippen LogP contribution in [0.2, 0.25) is 0 Å². The monoisotopic (exact) mass is 230 g/mol. The van der Waals surface area contributed by atoms with Gasteiger partial charge in [0, 0.05) is 17.2 Å². The second kappa shape index (κ2) is 4.24. The minimum Gasteiger partial charge on any atom is -0.441 e. The Labute approximate surface area is 102 Å². The van der Waals surface area contributed by atoms with Gasteiger partial charge in [-0.2, -0.15) is 0 Å². The van der Waals surface area contributed by atoms with Crippen LogP contribution in [0.4, 0.5) is 5.69 Å². The van der Waals surface area contributed by atoms with E-state index in [1.165, 1.54) is 0 Å². The third-order valence-corrected chi connectivity index (χ3v) is 2.94. The van der Waals surface area contributed by atoms with Crippen LogP contribution in [0.25, 0.3) is 11.5 Å². The van der Waals surface area contributed by atoms with Crippen molar-refractivity contribution < 1.29 is 4.42 Å². The van der Waals surface area contributed by atoms with E-state index >= 15 is 0 Å². The standard InChI is InChI=1S/C14H18N2O/c1-8(2)13-7-16-14(17-13)11-6-12(15)10(4)5-9(11)3/h5-8H,15H2,1-4H3. The van der Waals surface area contributed by atoms with Gasteiger partial charge in [0.2, 0.25) is 5.89 Å². The quantitative estimate of drug-likeness (QED) is 0.801. The zero-order chi connectivity index (χ0) is 12.6. The van der Waals surface area contributed by atoms with Crippen LogP contribution in [0.15, 0.2) is 22.7 Å². The van der Waals surface area contributed by atoms with Crippen molar-refractivity contribution in [1.82, 2.24) is 4.98 Å². The molecule has 2 rings (SSSR count). The summed E-state index contributed by atoms with van der Waals surface area (Å²) in [5.41, 5.74) is 9.89. The average Bonchev–Trinajstić information content (AvgIpc) is 2.72. The summed E-state index contributed by atoms with van der Waals surface area (Å²) in [6, 6.07) is 3.99. The minimum absolute atomic E-state index is 0.347. The second-order valence-electron chi connectivity index (χ2n) is 4.75. The van der Waals surface area contributed by atoms with E-state index in [0.29, 0.717) is 11.8 Å². The van der Waals surface area contributed by atoms with Crippen molar-refractivity contribution in [3.8, 4) is 11.5 Å². The molecule has 0 atom stereocenters. The van der Waals surface area contributed by atoms with Crippen LogP contribution in [0.1, 0.15) is 36.7 Å². The lowest BCUT2D eigenvalue weighted by molar-refractivity contribution is 0.495. The van der Waals surface area contributed by atoms with Crippen molar-refractivity contribution in [2.75, 3.05) is 5.73 Å². The van der Waals surface area contributed by atoms with E-state index in [0.717, 1.165) is 28.1 Å². The number of benzene rings is 1. The van der Waals surface area contributed by atoms with E-state index in [1.54, 1.807) is 6.20 Å². The fourth-order valence-corrected chi connectivity index (χ4v) is 1.78. The number of rotatable bonds is 2. The van der Waals surface area contributed by atoms with Crippen molar-refractivity contribution in [3.05, 3.63) is 35.2 Å². The summed E-state index contributed by atoms with van der Waals surface area (Å²) >= 11 is 0. The molecule has 1 heterocycles. The molecule has 0 aliphatic carbocycles. The number of nitrogens with two attached hydrogens (primary N) is 1. The number of nitrogens with zero attached hydrogens (tertiary/aromatic N) is 1. The Morgan fingerprint density at radius 2 is 1.88 bits per heavy atom. The van der Waals surface area contributed by atoms with E-state index in [1.807, 2.05) is 19.9 Å². The molecule has 17 heavy (non-hydrogen) atoms. The SMILES string of the molecule is Cc1cc(C)c(-c2ncc(C(C)C)o2)cc1N. The summed E-state index contributed by atoms with van der Waals surface area (Å²) in [6.07, 6.45) is 1.79. The second-order valence-corrected chi connectivity index (χ2v) is 4.75. The third-order valence-electron chi connectivity index (χ3n) is 2.94. The van der Waals surface area contributed by atoms with Crippen LogP contribution in [0.3, 0.4) is 0 Å². The van der Waals surface area contributed by atoms with Crippen LogP contribution < -0.4 is 5.73 Å². The maximum Gasteiger partial charge on any atom is 0.226 e. The van der Waals surface area contributed by atoms with E-state index in [-0.39, 0.29) is 0 Å². The van der Waals surface area contributed by atoms with Crippen molar-refractivity contribution in [3.63, 3.8) is 0 Å². The Kier molecular flexibility index (Phi) is 2.92. The molecule has 0 unspecified atom stereocenters. The highest BCUT2D eigenvalue weighted by atomic mass is 16.4. The highest BCUT2D eigenvalue weighted by Crippen LogP contribution is 2.29. The lowest BCUT2D eigenvalue weighted by Gasteiger charge is -2.06. The molecule has 3 nitrogen and oxygen atoms in total. The van der Waals surface area contributed by atoms with E-state index in [2.05, 4.69) is 24.9 Å². The largest absolute Gasteiger partial charge is 0.441 e. The van der Waals surface area contributed by atoms with Gasteiger partial charge in [-0.1, -0.05) is 19.9 Å². The number of anilines is 1. The van der Waals surface area contributed by atoms with Crippen LogP contribution in [0, 0.1) is 13.8 Å². The Hall–Kier alpha value is -1.77. The van der Waals surface area contributed by atoms with Gasteiger partial charge >= 0.3 is 0 Å². The van der Waals surface area contributed by atoms with Crippen molar-refractivity contribution in [1.29, 1.82) is 0 Å². The molecule has 0 bridgehead atoms. The fourth-order valence-electron chi connectivity index (χ4n) is 1.78. The molecule has 1 aromatic carbocycles. The van der Waals surface area contributed by atoms with Gasteiger partial charge in [-0.05, 0) is 31.0 Å². The van der Waals surface area contributed by atoms with Gasteiger partial charge in [-0.15, -0.1) is 0 Å². The topological polar surface area (TPSA) is 52.0 Å². The molecule has 0 fully saturated rings. The van der Waals surface area contributed by atoms with Gasteiger partial charge < -0.3 is 10.2 Å². The number of nitrogen functional groups attached to an aromatic ring is 1. The number of hydrogen-bond acceptors (Lipinski definition) is 3. The van der Waals surface area contributed by atoms with Crippen LogP contribution in [-0.2, 0) is 0 Å².